The third kappa shape index (κ3) is 6.52. The quantitative estimate of drug-likeness (QED) is 0.708. The van der Waals surface area contributed by atoms with Crippen LogP contribution in [0.2, 0.25) is 5.02 Å². The van der Waals surface area contributed by atoms with Gasteiger partial charge in [-0.05, 0) is 24.0 Å². The van der Waals surface area contributed by atoms with Crippen molar-refractivity contribution in [1.82, 2.24) is 9.80 Å². The van der Waals surface area contributed by atoms with E-state index in [2.05, 4.69) is 20.8 Å². The Morgan fingerprint density at radius 1 is 1.04 bits per heavy atom. The maximum atomic E-state index is 12.3. The summed E-state index contributed by atoms with van der Waals surface area (Å²) in [4.78, 5) is 28.3. The lowest BCUT2D eigenvalue weighted by atomic mass is 9.91. The van der Waals surface area contributed by atoms with Crippen LogP contribution in [0, 0.1) is 5.41 Å². The average molecular weight is 381 g/mol. The molecule has 6 heteroatoms. The molecule has 0 spiro atoms. The summed E-state index contributed by atoms with van der Waals surface area (Å²) in [6.45, 7) is 9.12. The van der Waals surface area contributed by atoms with Gasteiger partial charge in [-0.15, -0.1) is 0 Å². The second kappa shape index (κ2) is 9.26. The molecule has 1 aromatic carbocycles. The lowest BCUT2D eigenvalue weighted by Gasteiger charge is -2.36. The molecule has 1 aliphatic heterocycles. The second-order valence-corrected chi connectivity index (χ2v) is 8.29. The summed E-state index contributed by atoms with van der Waals surface area (Å²) in [5, 5.41) is 0.579. The van der Waals surface area contributed by atoms with Crippen LogP contribution in [0.25, 0.3) is 0 Å². The van der Waals surface area contributed by atoms with E-state index >= 15 is 0 Å². The Kier molecular flexibility index (Phi) is 7.33. The predicted octanol–water partition coefficient (Wildman–Crippen LogP) is 3.61. The smallest absolute Gasteiger partial charge is 0.223 e. The third-order valence-corrected chi connectivity index (χ3v) is 4.61. The number of benzene rings is 1. The van der Waals surface area contributed by atoms with Crippen LogP contribution in [-0.2, 0) is 9.59 Å². The monoisotopic (exact) mass is 380 g/mol. The summed E-state index contributed by atoms with van der Waals surface area (Å²) in [6.07, 6.45) is 1.63. The molecule has 1 fully saturated rings. The molecular formula is C20H29ClN2O3. The molecule has 0 bridgehead atoms. The summed E-state index contributed by atoms with van der Waals surface area (Å²) in [5.74, 6) is 0.945. The van der Waals surface area contributed by atoms with Crippen LogP contribution in [0.5, 0.6) is 5.75 Å². The number of hydrogen-bond acceptors (Lipinski definition) is 3. The zero-order valence-electron chi connectivity index (χ0n) is 16.0. The van der Waals surface area contributed by atoms with Crippen molar-refractivity contribution < 1.29 is 14.3 Å². The minimum absolute atomic E-state index is 0.00825. The lowest BCUT2D eigenvalue weighted by Crippen LogP contribution is -2.51. The number of nitrogens with zero attached hydrogens (tertiary/aromatic N) is 2. The highest BCUT2D eigenvalue weighted by molar-refractivity contribution is 6.32. The van der Waals surface area contributed by atoms with Gasteiger partial charge in [0.15, 0.2) is 0 Å². The molecule has 0 radical (unpaired) electrons. The molecule has 1 aromatic rings. The summed E-state index contributed by atoms with van der Waals surface area (Å²) >= 11 is 6.03. The van der Waals surface area contributed by atoms with Gasteiger partial charge in [-0.25, -0.2) is 0 Å². The van der Waals surface area contributed by atoms with Gasteiger partial charge in [0, 0.05) is 39.0 Å². The number of piperazine rings is 1. The molecule has 26 heavy (non-hydrogen) atoms. The van der Waals surface area contributed by atoms with Gasteiger partial charge in [0.25, 0.3) is 0 Å². The Morgan fingerprint density at radius 3 is 2.19 bits per heavy atom. The zero-order chi connectivity index (χ0) is 19.2. The number of ether oxygens (including phenoxy) is 1. The summed E-state index contributed by atoms with van der Waals surface area (Å²) < 4.78 is 5.61. The number of halogens is 1. The highest BCUT2D eigenvalue weighted by Crippen LogP contribution is 2.23. The molecule has 0 aliphatic carbocycles. The van der Waals surface area contributed by atoms with Crippen molar-refractivity contribution >= 4 is 23.4 Å². The Morgan fingerprint density at radius 2 is 1.62 bits per heavy atom. The average Bonchev–Trinajstić information content (AvgIpc) is 2.58. The molecule has 0 atom stereocenters. The Bertz CT molecular complexity index is 620. The first-order chi connectivity index (χ1) is 12.3. The molecule has 0 unspecified atom stereocenters. The van der Waals surface area contributed by atoms with Gasteiger partial charge in [-0.3, -0.25) is 9.59 Å². The molecule has 2 amide bonds. The van der Waals surface area contributed by atoms with Crippen LogP contribution in [-0.4, -0.2) is 54.4 Å². The fourth-order valence-electron chi connectivity index (χ4n) is 2.90. The third-order valence-electron chi connectivity index (χ3n) is 4.30. The molecular weight excluding hydrogens is 352 g/mol. The molecule has 0 N–H and O–H groups in total. The van der Waals surface area contributed by atoms with Crippen molar-refractivity contribution in [3.63, 3.8) is 0 Å². The van der Waals surface area contributed by atoms with Gasteiger partial charge in [0.1, 0.15) is 5.75 Å². The van der Waals surface area contributed by atoms with Crippen molar-refractivity contribution in [3.05, 3.63) is 29.3 Å². The highest BCUT2D eigenvalue weighted by Gasteiger charge is 2.26. The minimum atomic E-state index is -0.00825. The van der Waals surface area contributed by atoms with Crippen molar-refractivity contribution in [2.75, 3.05) is 32.8 Å². The van der Waals surface area contributed by atoms with E-state index in [-0.39, 0.29) is 17.2 Å². The van der Waals surface area contributed by atoms with Gasteiger partial charge >= 0.3 is 0 Å². The van der Waals surface area contributed by atoms with E-state index < -0.39 is 0 Å². The van der Waals surface area contributed by atoms with Crippen LogP contribution < -0.4 is 4.74 Å². The lowest BCUT2D eigenvalue weighted by molar-refractivity contribution is -0.140. The number of rotatable bonds is 6. The molecule has 1 heterocycles. The number of amides is 2. The number of carbonyl (C=O) groups excluding carboxylic acids is 2. The number of para-hydroxylation sites is 1. The summed E-state index contributed by atoms with van der Waals surface area (Å²) in [6, 6.07) is 7.32. The van der Waals surface area contributed by atoms with Gasteiger partial charge in [-0.1, -0.05) is 44.5 Å². The zero-order valence-corrected chi connectivity index (χ0v) is 16.7. The van der Waals surface area contributed by atoms with E-state index in [0.29, 0.717) is 62.8 Å². The largest absolute Gasteiger partial charge is 0.492 e. The van der Waals surface area contributed by atoms with E-state index in [1.807, 2.05) is 28.0 Å². The summed E-state index contributed by atoms with van der Waals surface area (Å²) in [5.41, 5.74) is -0.00825. The molecule has 2 rings (SSSR count). The summed E-state index contributed by atoms with van der Waals surface area (Å²) in [7, 11) is 0. The van der Waals surface area contributed by atoms with Crippen LogP contribution in [0.1, 0.15) is 40.0 Å². The molecule has 1 aliphatic rings. The Hall–Kier alpha value is -1.75. The van der Waals surface area contributed by atoms with Gasteiger partial charge in [-0.2, -0.15) is 0 Å². The van der Waals surface area contributed by atoms with Gasteiger partial charge < -0.3 is 14.5 Å². The predicted molar refractivity (Wildman–Crippen MR) is 103 cm³/mol. The second-order valence-electron chi connectivity index (χ2n) is 7.88. The minimum Gasteiger partial charge on any atom is -0.492 e. The number of hydrogen-bond donors (Lipinski definition) is 0. The van der Waals surface area contributed by atoms with Crippen LogP contribution in [0.4, 0.5) is 0 Å². The SMILES string of the molecule is CC(C)(C)CC(=O)N1CCN(C(=O)CCCOc2ccccc2Cl)CC1. The van der Waals surface area contributed by atoms with Gasteiger partial charge in [0.2, 0.25) is 11.8 Å². The maximum Gasteiger partial charge on any atom is 0.223 e. The molecule has 1 saturated heterocycles. The first-order valence-electron chi connectivity index (χ1n) is 9.19. The van der Waals surface area contributed by atoms with Crippen molar-refractivity contribution in [1.29, 1.82) is 0 Å². The fourth-order valence-corrected chi connectivity index (χ4v) is 3.09. The molecule has 144 valence electrons. The highest BCUT2D eigenvalue weighted by atomic mass is 35.5. The van der Waals surface area contributed by atoms with Crippen molar-refractivity contribution in [2.45, 2.75) is 40.0 Å². The maximum absolute atomic E-state index is 12.3. The van der Waals surface area contributed by atoms with Crippen molar-refractivity contribution in [3.8, 4) is 5.75 Å². The first-order valence-corrected chi connectivity index (χ1v) is 9.57. The normalized spacial score (nSPS) is 15.1. The Labute approximate surface area is 161 Å². The Balaban J connectivity index is 1.67. The molecule has 0 saturated carbocycles. The van der Waals surface area contributed by atoms with E-state index in [4.69, 9.17) is 16.3 Å². The van der Waals surface area contributed by atoms with E-state index in [1.54, 1.807) is 6.07 Å². The van der Waals surface area contributed by atoms with Crippen molar-refractivity contribution in [2.24, 2.45) is 5.41 Å². The fraction of sp³-hybridized carbons (Fsp3) is 0.600. The van der Waals surface area contributed by atoms with E-state index in [1.165, 1.54) is 0 Å². The van der Waals surface area contributed by atoms with Gasteiger partial charge in [0.05, 0.1) is 11.6 Å². The van der Waals surface area contributed by atoms with Crippen LogP contribution >= 0.6 is 11.6 Å². The number of carbonyl (C=O) groups is 2. The van der Waals surface area contributed by atoms with E-state index in [9.17, 15) is 9.59 Å². The van der Waals surface area contributed by atoms with Crippen LogP contribution in [0.3, 0.4) is 0 Å². The first kappa shape index (κ1) is 20.6. The standard InChI is InChI=1S/C20H29ClN2O3/c1-20(2,3)15-19(25)23-12-10-22(11-13-23)18(24)9-6-14-26-17-8-5-4-7-16(17)21/h4-5,7-8H,6,9-15H2,1-3H3. The molecule has 5 nitrogen and oxygen atoms in total. The molecule has 0 aromatic heterocycles. The topological polar surface area (TPSA) is 49.9 Å². The van der Waals surface area contributed by atoms with Crippen LogP contribution in [0.15, 0.2) is 24.3 Å². The van der Waals surface area contributed by atoms with E-state index in [0.717, 1.165) is 0 Å².